The number of para-hydroxylation sites is 1. The lowest BCUT2D eigenvalue weighted by atomic mass is 10.2. The second-order valence-electron chi connectivity index (χ2n) is 6.84. The van der Waals surface area contributed by atoms with Crippen LogP contribution in [0.2, 0.25) is 0 Å². The van der Waals surface area contributed by atoms with Gasteiger partial charge in [0, 0.05) is 12.2 Å². The molecule has 0 bridgehead atoms. The summed E-state index contributed by atoms with van der Waals surface area (Å²) in [6.45, 7) is 3.62. The quantitative estimate of drug-likeness (QED) is 0.786. The molecule has 2 aromatic rings. The number of nitrogens with one attached hydrogen (secondary N) is 1. The molecule has 1 aliphatic rings. The number of anilines is 2. The van der Waals surface area contributed by atoms with Gasteiger partial charge >= 0.3 is 0 Å². The standard InChI is InChI=1S/C21H23FN4O2/c22-19-4-1-2-5-20(19)26(11-3-10-23)21(28)16-24-12-14-25(15-13-24)17-6-8-18(27)9-7-17/h1-2,4-9,27H,3,11-16H2/p+1. The highest BCUT2D eigenvalue weighted by atomic mass is 19.1. The highest BCUT2D eigenvalue weighted by molar-refractivity contribution is 5.94. The molecule has 1 amide bonds. The number of phenols is 1. The number of piperazine rings is 1. The number of aromatic hydroxyl groups is 1. The van der Waals surface area contributed by atoms with Gasteiger partial charge in [-0.25, -0.2) is 4.39 Å². The molecule has 0 aromatic heterocycles. The molecule has 0 saturated carbocycles. The molecule has 1 saturated heterocycles. The molecule has 1 fully saturated rings. The molecule has 146 valence electrons. The number of carbonyl (C=O) groups is 1. The molecule has 0 atom stereocenters. The molecule has 0 spiro atoms. The van der Waals surface area contributed by atoms with Crippen LogP contribution in [0.4, 0.5) is 15.8 Å². The van der Waals surface area contributed by atoms with Crippen LogP contribution in [-0.2, 0) is 4.79 Å². The van der Waals surface area contributed by atoms with Crippen molar-refractivity contribution in [3.63, 3.8) is 0 Å². The van der Waals surface area contributed by atoms with E-state index in [0.717, 1.165) is 36.8 Å². The molecule has 0 unspecified atom stereocenters. The molecule has 3 rings (SSSR count). The molecule has 1 heterocycles. The topological polar surface area (TPSA) is 72.0 Å². The van der Waals surface area contributed by atoms with Gasteiger partial charge in [-0.15, -0.1) is 0 Å². The van der Waals surface area contributed by atoms with Crippen molar-refractivity contribution < 1.29 is 19.2 Å². The fourth-order valence-corrected chi connectivity index (χ4v) is 3.44. The lowest BCUT2D eigenvalue weighted by Crippen LogP contribution is -3.16. The number of phenolic OH excluding ortho intramolecular Hbond substituents is 1. The molecule has 2 aromatic carbocycles. The Morgan fingerprint density at radius 1 is 1.18 bits per heavy atom. The lowest BCUT2D eigenvalue weighted by molar-refractivity contribution is -0.892. The van der Waals surface area contributed by atoms with E-state index < -0.39 is 5.82 Å². The zero-order valence-electron chi connectivity index (χ0n) is 15.6. The van der Waals surface area contributed by atoms with E-state index in [4.69, 9.17) is 5.26 Å². The predicted octanol–water partition coefficient (Wildman–Crippen LogP) is 1.18. The Bertz CT molecular complexity index is 842. The zero-order chi connectivity index (χ0) is 19.9. The van der Waals surface area contributed by atoms with Crippen LogP contribution in [0.3, 0.4) is 0 Å². The van der Waals surface area contributed by atoms with E-state index in [1.165, 1.54) is 11.0 Å². The summed E-state index contributed by atoms with van der Waals surface area (Å²) in [4.78, 5) is 17.6. The van der Waals surface area contributed by atoms with Crippen LogP contribution < -0.4 is 14.7 Å². The third-order valence-corrected chi connectivity index (χ3v) is 4.98. The van der Waals surface area contributed by atoms with E-state index in [2.05, 4.69) is 4.90 Å². The van der Waals surface area contributed by atoms with Crippen LogP contribution in [0, 0.1) is 17.1 Å². The van der Waals surface area contributed by atoms with E-state index in [1.807, 2.05) is 18.2 Å². The fourth-order valence-electron chi connectivity index (χ4n) is 3.44. The third kappa shape index (κ3) is 4.78. The molecule has 2 N–H and O–H groups in total. The van der Waals surface area contributed by atoms with E-state index in [-0.39, 0.29) is 36.9 Å². The summed E-state index contributed by atoms with van der Waals surface area (Å²) < 4.78 is 14.2. The van der Waals surface area contributed by atoms with Crippen molar-refractivity contribution >= 4 is 17.3 Å². The summed E-state index contributed by atoms with van der Waals surface area (Å²) >= 11 is 0. The SMILES string of the molecule is N#CCCN(C(=O)C[NH+]1CCN(c2ccc(O)cc2)CC1)c1ccccc1F. The molecule has 1 aliphatic heterocycles. The average molecular weight is 383 g/mol. The van der Waals surface area contributed by atoms with Crippen LogP contribution in [0.15, 0.2) is 48.5 Å². The van der Waals surface area contributed by atoms with Gasteiger partial charge in [-0.3, -0.25) is 4.79 Å². The monoisotopic (exact) mass is 383 g/mol. The summed E-state index contributed by atoms with van der Waals surface area (Å²) in [6, 6.07) is 15.3. The lowest BCUT2D eigenvalue weighted by Gasteiger charge is -2.34. The van der Waals surface area contributed by atoms with Gasteiger partial charge in [0.2, 0.25) is 0 Å². The second-order valence-corrected chi connectivity index (χ2v) is 6.84. The van der Waals surface area contributed by atoms with Gasteiger partial charge in [0.15, 0.2) is 6.54 Å². The van der Waals surface area contributed by atoms with Crippen LogP contribution >= 0.6 is 0 Å². The van der Waals surface area contributed by atoms with Gasteiger partial charge in [0.1, 0.15) is 11.6 Å². The van der Waals surface area contributed by atoms with Gasteiger partial charge in [-0.05, 0) is 36.4 Å². The van der Waals surface area contributed by atoms with E-state index in [9.17, 15) is 14.3 Å². The summed E-state index contributed by atoms with van der Waals surface area (Å²) in [6.07, 6.45) is 0.157. The number of nitrogens with zero attached hydrogens (tertiary/aromatic N) is 3. The number of quaternary nitrogens is 1. The molecule has 6 nitrogen and oxygen atoms in total. The third-order valence-electron chi connectivity index (χ3n) is 4.98. The first-order valence-corrected chi connectivity index (χ1v) is 9.38. The number of hydrogen-bond donors (Lipinski definition) is 2. The first-order chi connectivity index (χ1) is 13.6. The number of rotatable bonds is 6. The number of benzene rings is 2. The summed E-state index contributed by atoms with van der Waals surface area (Å²) in [7, 11) is 0. The van der Waals surface area contributed by atoms with Crippen molar-refractivity contribution in [2.24, 2.45) is 0 Å². The molecule has 28 heavy (non-hydrogen) atoms. The Labute approximate surface area is 164 Å². The van der Waals surface area contributed by atoms with E-state index in [0.29, 0.717) is 0 Å². The van der Waals surface area contributed by atoms with Crippen molar-refractivity contribution in [3.05, 3.63) is 54.3 Å². The van der Waals surface area contributed by atoms with E-state index in [1.54, 1.807) is 30.3 Å². The first kappa shape index (κ1) is 19.6. The number of nitriles is 1. The molecule has 0 radical (unpaired) electrons. The Morgan fingerprint density at radius 2 is 1.86 bits per heavy atom. The highest BCUT2D eigenvalue weighted by Gasteiger charge is 2.26. The normalized spacial score (nSPS) is 14.5. The predicted molar refractivity (Wildman–Crippen MR) is 105 cm³/mol. The maximum absolute atomic E-state index is 14.2. The number of hydrogen-bond acceptors (Lipinski definition) is 4. The first-order valence-electron chi connectivity index (χ1n) is 9.38. The van der Waals surface area contributed by atoms with Gasteiger partial charge < -0.3 is 19.8 Å². The molecular weight excluding hydrogens is 359 g/mol. The molecule has 0 aliphatic carbocycles. The minimum absolute atomic E-state index is 0.157. The van der Waals surface area contributed by atoms with Crippen LogP contribution in [0.25, 0.3) is 0 Å². The largest absolute Gasteiger partial charge is 0.508 e. The van der Waals surface area contributed by atoms with Gasteiger partial charge in [0.05, 0.1) is 44.4 Å². The molecular formula is C21H24FN4O2+. The molecule has 7 heteroatoms. The number of carbonyl (C=O) groups excluding carboxylic acids is 1. The Hall–Kier alpha value is -3.11. The average Bonchev–Trinajstić information content (AvgIpc) is 2.71. The van der Waals surface area contributed by atoms with Gasteiger partial charge in [0.25, 0.3) is 5.91 Å². The van der Waals surface area contributed by atoms with E-state index >= 15 is 0 Å². The maximum atomic E-state index is 14.2. The van der Waals surface area contributed by atoms with Gasteiger partial charge in [-0.2, -0.15) is 5.26 Å². The zero-order valence-corrected chi connectivity index (χ0v) is 15.6. The van der Waals surface area contributed by atoms with Crippen molar-refractivity contribution in [1.29, 1.82) is 5.26 Å². The highest BCUT2D eigenvalue weighted by Crippen LogP contribution is 2.19. The van der Waals surface area contributed by atoms with Crippen LogP contribution in [0.1, 0.15) is 6.42 Å². The van der Waals surface area contributed by atoms with Gasteiger partial charge in [-0.1, -0.05) is 12.1 Å². The second kappa shape index (κ2) is 9.20. The van der Waals surface area contributed by atoms with Crippen LogP contribution in [0.5, 0.6) is 5.75 Å². The number of halogens is 1. The van der Waals surface area contributed by atoms with Crippen molar-refractivity contribution in [3.8, 4) is 11.8 Å². The Kier molecular flexibility index (Phi) is 6.45. The Morgan fingerprint density at radius 3 is 2.50 bits per heavy atom. The van der Waals surface area contributed by atoms with Crippen molar-refractivity contribution in [2.45, 2.75) is 6.42 Å². The summed E-state index contributed by atoms with van der Waals surface area (Å²) in [5, 5.41) is 18.3. The van der Waals surface area contributed by atoms with Crippen molar-refractivity contribution in [1.82, 2.24) is 0 Å². The number of amides is 1. The Balaban J connectivity index is 1.61. The van der Waals surface area contributed by atoms with Crippen molar-refractivity contribution in [2.75, 3.05) is 49.1 Å². The minimum atomic E-state index is -0.457. The summed E-state index contributed by atoms with van der Waals surface area (Å²) in [5.41, 5.74) is 1.27. The van der Waals surface area contributed by atoms with Crippen LogP contribution in [-0.4, -0.2) is 50.3 Å². The maximum Gasteiger partial charge on any atom is 0.282 e. The smallest absolute Gasteiger partial charge is 0.282 e. The summed E-state index contributed by atoms with van der Waals surface area (Å²) in [5.74, 6) is -0.390. The fraction of sp³-hybridized carbons (Fsp3) is 0.333. The minimum Gasteiger partial charge on any atom is -0.508 e.